The van der Waals surface area contributed by atoms with E-state index in [0.717, 1.165) is 37.6 Å². The standard InChI is InChI=1S/C17H26N4O/c1-13(15-11-18-12-15)17(22)20-10-14-5-6-16(19-9-14)21-7-3-2-4-8-21/h5-6,9,13,15,18H,2-4,7-8,10-12H2,1H3,(H,20,22). The molecule has 0 radical (unpaired) electrons. The molecule has 0 saturated carbocycles. The maximum atomic E-state index is 12.1. The average molecular weight is 302 g/mol. The Labute approximate surface area is 132 Å². The summed E-state index contributed by atoms with van der Waals surface area (Å²) < 4.78 is 0. The second kappa shape index (κ2) is 7.09. The van der Waals surface area contributed by atoms with Gasteiger partial charge < -0.3 is 15.5 Å². The fraction of sp³-hybridized carbons (Fsp3) is 0.647. The van der Waals surface area contributed by atoms with Crippen molar-refractivity contribution in [3.8, 4) is 0 Å². The van der Waals surface area contributed by atoms with Crippen molar-refractivity contribution in [2.45, 2.75) is 32.7 Å². The number of hydrogen-bond acceptors (Lipinski definition) is 4. The van der Waals surface area contributed by atoms with Crippen molar-refractivity contribution in [1.29, 1.82) is 0 Å². The molecule has 1 aromatic heterocycles. The molecule has 3 rings (SSSR count). The number of carbonyl (C=O) groups excluding carboxylic acids is 1. The first-order valence-corrected chi connectivity index (χ1v) is 8.42. The first-order chi connectivity index (χ1) is 10.7. The summed E-state index contributed by atoms with van der Waals surface area (Å²) in [6.45, 7) is 6.71. The van der Waals surface area contributed by atoms with Gasteiger partial charge in [0.05, 0.1) is 0 Å². The van der Waals surface area contributed by atoms with E-state index in [1.165, 1.54) is 19.3 Å². The van der Waals surface area contributed by atoms with Crippen LogP contribution in [0.25, 0.3) is 0 Å². The van der Waals surface area contributed by atoms with Gasteiger partial charge in [-0.25, -0.2) is 4.98 Å². The van der Waals surface area contributed by atoms with Crippen LogP contribution >= 0.6 is 0 Å². The van der Waals surface area contributed by atoms with Crippen LogP contribution in [0.2, 0.25) is 0 Å². The van der Waals surface area contributed by atoms with E-state index in [1.54, 1.807) is 0 Å². The summed E-state index contributed by atoms with van der Waals surface area (Å²) in [7, 11) is 0. The fourth-order valence-electron chi connectivity index (χ4n) is 3.06. The second-order valence-corrected chi connectivity index (χ2v) is 6.50. The van der Waals surface area contributed by atoms with Gasteiger partial charge >= 0.3 is 0 Å². The molecule has 5 nitrogen and oxygen atoms in total. The number of pyridine rings is 1. The van der Waals surface area contributed by atoms with Crippen molar-refractivity contribution in [1.82, 2.24) is 15.6 Å². The van der Waals surface area contributed by atoms with Gasteiger partial charge in [0.1, 0.15) is 5.82 Å². The molecule has 2 saturated heterocycles. The SMILES string of the molecule is CC(C(=O)NCc1ccc(N2CCCCC2)nc1)C1CNC1. The smallest absolute Gasteiger partial charge is 0.223 e. The lowest BCUT2D eigenvalue weighted by Gasteiger charge is -2.31. The molecule has 1 atom stereocenters. The second-order valence-electron chi connectivity index (χ2n) is 6.50. The van der Waals surface area contributed by atoms with Gasteiger partial charge in [-0.05, 0) is 49.9 Å². The van der Waals surface area contributed by atoms with Crippen LogP contribution in [0.3, 0.4) is 0 Å². The zero-order valence-corrected chi connectivity index (χ0v) is 13.3. The van der Waals surface area contributed by atoms with Gasteiger partial charge in [-0.2, -0.15) is 0 Å². The van der Waals surface area contributed by atoms with Crippen molar-refractivity contribution in [2.75, 3.05) is 31.1 Å². The number of hydrogen-bond donors (Lipinski definition) is 2. The summed E-state index contributed by atoms with van der Waals surface area (Å²) in [5, 5.41) is 6.24. The predicted molar refractivity (Wildman–Crippen MR) is 87.7 cm³/mol. The number of aromatic nitrogens is 1. The summed E-state index contributed by atoms with van der Waals surface area (Å²) in [5.74, 6) is 1.77. The van der Waals surface area contributed by atoms with Crippen LogP contribution in [0.1, 0.15) is 31.7 Å². The highest BCUT2D eigenvalue weighted by Crippen LogP contribution is 2.18. The van der Waals surface area contributed by atoms with Gasteiger partial charge in [0, 0.05) is 31.7 Å². The van der Waals surface area contributed by atoms with Crippen molar-refractivity contribution < 1.29 is 4.79 Å². The lowest BCUT2D eigenvalue weighted by Crippen LogP contribution is -2.49. The third-order valence-electron chi connectivity index (χ3n) is 4.89. The molecule has 1 unspecified atom stereocenters. The first kappa shape index (κ1) is 15.3. The van der Waals surface area contributed by atoms with E-state index >= 15 is 0 Å². The zero-order valence-electron chi connectivity index (χ0n) is 13.3. The van der Waals surface area contributed by atoms with E-state index in [2.05, 4.69) is 32.7 Å². The molecule has 0 aromatic carbocycles. The van der Waals surface area contributed by atoms with Crippen LogP contribution in [0.15, 0.2) is 18.3 Å². The molecule has 1 aromatic rings. The zero-order chi connectivity index (χ0) is 15.4. The number of carbonyl (C=O) groups is 1. The predicted octanol–water partition coefficient (Wildman–Crippen LogP) is 1.54. The third kappa shape index (κ3) is 3.58. The van der Waals surface area contributed by atoms with Gasteiger partial charge in [-0.3, -0.25) is 4.79 Å². The average Bonchev–Trinajstić information content (AvgIpc) is 2.52. The molecule has 22 heavy (non-hydrogen) atoms. The highest BCUT2D eigenvalue weighted by molar-refractivity contribution is 5.78. The van der Waals surface area contributed by atoms with Gasteiger partial charge in [-0.1, -0.05) is 13.0 Å². The third-order valence-corrected chi connectivity index (χ3v) is 4.89. The minimum atomic E-state index is 0.0850. The van der Waals surface area contributed by atoms with Crippen LogP contribution in [-0.4, -0.2) is 37.1 Å². The van der Waals surface area contributed by atoms with Gasteiger partial charge in [0.25, 0.3) is 0 Å². The molecule has 2 aliphatic heterocycles. The topological polar surface area (TPSA) is 57.3 Å². The Morgan fingerprint density at radius 3 is 2.73 bits per heavy atom. The molecule has 120 valence electrons. The number of nitrogens with zero attached hydrogens (tertiary/aromatic N) is 2. The Balaban J connectivity index is 1.49. The summed E-state index contributed by atoms with van der Waals surface area (Å²) in [5.41, 5.74) is 1.06. The molecule has 2 N–H and O–H groups in total. The molecule has 0 bridgehead atoms. The monoisotopic (exact) mass is 302 g/mol. The molecule has 3 heterocycles. The molecule has 0 aliphatic carbocycles. The molecule has 0 spiro atoms. The molecular weight excluding hydrogens is 276 g/mol. The Morgan fingerprint density at radius 1 is 1.36 bits per heavy atom. The number of anilines is 1. The van der Waals surface area contributed by atoms with E-state index in [0.29, 0.717) is 12.5 Å². The van der Waals surface area contributed by atoms with E-state index in [9.17, 15) is 4.79 Å². The molecule has 5 heteroatoms. The van der Waals surface area contributed by atoms with Gasteiger partial charge in [0.15, 0.2) is 0 Å². The maximum absolute atomic E-state index is 12.1. The number of amides is 1. The number of rotatable bonds is 5. The largest absolute Gasteiger partial charge is 0.357 e. The molecular formula is C17H26N4O. The van der Waals surface area contributed by atoms with E-state index in [-0.39, 0.29) is 11.8 Å². The first-order valence-electron chi connectivity index (χ1n) is 8.42. The van der Waals surface area contributed by atoms with E-state index in [4.69, 9.17) is 0 Å². The number of nitrogens with one attached hydrogen (secondary N) is 2. The van der Waals surface area contributed by atoms with Gasteiger partial charge in [0.2, 0.25) is 5.91 Å². The lowest BCUT2D eigenvalue weighted by molar-refractivity contribution is -0.126. The maximum Gasteiger partial charge on any atom is 0.223 e. The summed E-state index contributed by atoms with van der Waals surface area (Å²) >= 11 is 0. The Kier molecular flexibility index (Phi) is 4.93. The van der Waals surface area contributed by atoms with E-state index in [1.807, 2.05) is 13.1 Å². The summed E-state index contributed by atoms with van der Waals surface area (Å²) in [4.78, 5) is 19.0. The van der Waals surface area contributed by atoms with Crippen LogP contribution in [0.4, 0.5) is 5.82 Å². The number of piperidine rings is 1. The highest BCUT2D eigenvalue weighted by Gasteiger charge is 2.28. The Bertz CT molecular complexity index is 492. The van der Waals surface area contributed by atoms with Crippen molar-refractivity contribution >= 4 is 11.7 Å². The van der Waals surface area contributed by atoms with Crippen LogP contribution in [-0.2, 0) is 11.3 Å². The van der Waals surface area contributed by atoms with Crippen molar-refractivity contribution in [3.05, 3.63) is 23.9 Å². The van der Waals surface area contributed by atoms with E-state index < -0.39 is 0 Å². The minimum Gasteiger partial charge on any atom is -0.357 e. The lowest BCUT2D eigenvalue weighted by atomic mass is 9.88. The van der Waals surface area contributed by atoms with Crippen LogP contribution in [0, 0.1) is 11.8 Å². The van der Waals surface area contributed by atoms with Crippen LogP contribution < -0.4 is 15.5 Å². The Morgan fingerprint density at radius 2 is 2.14 bits per heavy atom. The molecule has 2 aliphatic rings. The summed E-state index contributed by atoms with van der Waals surface area (Å²) in [6, 6.07) is 4.15. The molecule has 2 fully saturated rings. The van der Waals surface area contributed by atoms with Crippen molar-refractivity contribution in [2.24, 2.45) is 11.8 Å². The highest BCUT2D eigenvalue weighted by atomic mass is 16.1. The fourth-order valence-corrected chi connectivity index (χ4v) is 3.06. The minimum absolute atomic E-state index is 0.0850. The molecule has 1 amide bonds. The normalized spacial score (nSPS) is 20.3. The van der Waals surface area contributed by atoms with Crippen molar-refractivity contribution in [3.63, 3.8) is 0 Å². The van der Waals surface area contributed by atoms with Gasteiger partial charge in [-0.15, -0.1) is 0 Å². The quantitative estimate of drug-likeness (QED) is 0.866. The Hall–Kier alpha value is -1.62. The summed E-state index contributed by atoms with van der Waals surface area (Å²) in [6.07, 6.45) is 5.73. The van der Waals surface area contributed by atoms with Crippen LogP contribution in [0.5, 0.6) is 0 Å².